The van der Waals surface area contributed by atoms with Crippen molar-refractivity contribution in [2.75, 3.05) is 11.9 Å². The number of benzene rings is 2. The van der Waals surface area contributed by atoms with Crippen LogP contribution in [0, 0.1) is 5.82 Å². The molecular weight excluding hydrogens is 269 g/mol. The molecule has 0 aliphatic carbocycles. The molecule has 0 aliphatic rings. The van der Waals surface area contributed by atoms with E-state index in [9.17, 15) is 14.3 Å². The molecule has 0 spiro atoms. The van der Waals surface area contributed by atoms with E-state index < -0.39 is 11.7 Å². The summed E-state index contributed by atoms with van der Waals surface area (Å²) in [4.78, 5) is 13.5. The SMILES string of the molecule is CN(C(=O)c1cc(Cl)ccc1F)c1ccc(O)cc1. The molecule has 19 heavy (non-hydrogen) atoms. The van der Waals surface area contributed by atoms with Crippen LogP contribution in [0.2, 0.25) is 5.02 Å². The molecule has 1 amide bonds. The van der Waals surface area contributed by atoms with E-state index in [0.29, 0.717) is 10.7 Å². The van der Waals surface area contributed by atoms with E-state index in [2.05, 4.69) is 0 Å². The first kappa shape index (κ1) is 13.4. The topological polar surface area (TPSA) is 40.5 Å². The third-order valence-corrected chi connectivity index (χ3v) is 2.94. The molecule has 0 bridgehead atoms. The zero-order valence-corrected chi connectivity index (χ0v) is 10.9. The molecule has 0 atom stereocenters. The zero-order valence-electron chi connectivity index (χ0n) is 10.1. The van der Waals surface area contributed by atoms with Crippen LogP contribution in [0.4, 0.5) is 10.1 Å². The maximum atomic E-state index is 13.6. The van der Waals surface area contributed by atoms with Gasteiger partial charge in [0.1, 0.15) is 11.6 Å². The first-order valence-electron chi connectivity index (χ1n) is 5.51. The summed E-state index contributed by atoms with van der Waals surface area (Å²) in [5, 5.41) is 9.49. The summed E-state index contributed by atoms with van der Waals surface area (Å²) < 4.78 is 13.6. The largest absolute Gasteiger partial charge is 0.508 e. The van der Waals surface area contributed by atoms with Crippen LogP contribution >= 0.6 is 11.6 Å². The van der Waals surface area contributed by atoms with Crippen molar-refractivity contribution in [1.82, 2.24) is 0 Å². The molecule has 0 radical (unpaired) electrons. The Morgan fingerprint density at radius 1 is 1.21 bits per heavy atom. The van der Waals surface area contributed by atoms with Gasteiger partial charge < -0.3 is 10.0 Å². The van der Waals surface area contributed by atoms with Crippen LogP contribution in [0.15, 0.2) is 42.5 Å². The number of carbonyl (C=O) groups excluding carboxylic acids is 1. The molecule has 0 heterocycles. The van der Waals surface area contributed by atoms with Gasteiger partial charge in [0.15, 0.2) is 0 Å². The highest BCUT2D eigenvalue weighted by Crippen LogP contribution is 2.21. The Morgan fingerprint density at radius 2 is 1.84 bits per heavy atom. The van der Waals surface area contributed by atoms with Gasteiger partial charge in [0.05, 0.1) is 5.56 Å². The molecule has 0 aliphatic heterocycles. The number of anilines is 1. The quantitative estimate of drug-likeness (QED) is 0.914. The third-order valence-electron chi connectivity index (χ3n) is 2.70. The molecule has 3 nitrogen and oxygen atoms in total. The van der Waals surface area contributed by atoms with Gasteiger partial charge in [0, 0.05) is 17.8 Å². The molecule has 0 saturated heterocycles. The number of hydrogen-bond acceptors (Lipinski definition) is 2. The van der Waals surface area contributed by atoms with E-state index >= 15 is 0 Å². The molecule has 2 aromatic carbocycles. The van der Waals surface area contributed by atoms with Crippen LogP contribution in [0.25, 0.3) is 0 Å². The first-order valence-corrected chi connectivity index (χ1v) is 5.89. The van der Waals surface area contributed by atoms with Gasteiger partial charge in [-0.3, -0.25) is 4.79 Å². The van der Waals surface area contributed by atoms with Crippen molar-refractivity contribution in [3.63, 3.8) is 0 Å². The Bertz CT molecular complexity index is 613. The second kappa shape index (κ2) is 5.28. The number of phenolic OH excluding ortho intramolecular Hbond substituents is 1. The van der Waals surface area contributed by atoms with E-state index in [1.165, 1.54) is 36.2 Å². The Hall–Kier alpha value is -2.07. The Kier molecular flexibility index (Phi) is 3.71. The van der Waals surface area contributed by atoms with Gasteiger partial charge in [0.2, 0.25) is 0 Å². The Morgan fingerprint density at radius 3 is 2.47 bits per heavy atom. The molecule has 0 aromatic heterocycles. The summed E-state index contributed by atoms with van der Waals surface area (Å²) >= 11 is 5.76. The molecule has 0 fully saturated rings. The van der Waals surface area contributed by atoms with Crippen LogP contribution in [0.1, 0.15) is 10.4 Å². The van der Waals surface area contributed by atoms with E-state index in [4.69, 9.17) is 11.6 Å². The van der Waals surface area contributed by atoms with Gasteiger partial charge in [-0.05, 0) is 42.5 Å². The van der Waals surface area contributed by atoms with Gasteiger partial charge in [-0.25, -0.2) is 4.39 Å². The van der Waals surface area contributed by atoms with Gasteiger partial charge in [0.25, 0.3) is 5.91 Å². The minimum absolute atomic E-state index is 0.0944. The fraction of sp³-hybridized carbons (Fsp3) is 0.0714. The number of aromatic hydroxyl groups is 1. The van der Waals surface area contributed by atoms with Crippen molar-refractivity contribution in [3.05, 3.63) is 58.9 Å². The van der Waals surface area contributed by atoms with Gasteiger partial charge in [-0.15, -0.1) is 0 Å². The predicted molar refractivity (Wildman–Crippen MR) is 72.3 cm³/mol. The van der Waals surface area contributed by atoms with Crippen LogP contribution in [0.3, 0.4) is 0 Å². The van der Waals surface area contributed by atoms with E-state index in [1.54, 1.807) is 12.1 Å². The minimum atomic E-state index is -0.625. The summed E-state index contributed by atoms with van der Waals surface area (Å²) in [5.41, 5.74) is 0.449. The highest BCUT2D eigenvalue weighted by atomic mass is 35.5. The lowest BCUT2D eigenvalue weighted by Crippen LogP contribution is -2.27. The van der Waals surface area contributed by atoms with Gasteiger partial charge in [-0.1, -0.05) is 11.6 Å². The van der Waals surface area contributed by atoms with Gasteiger partial charge >= 0.3 is 0 Å². The van der Waals surface area contributed by atoms with Crippen LogP contribution in [-0.4, -0.2) is 18.1 Å². The molecular formula is C14H11ClFNO2. The highest BCUT2D eigenvalue weighted by Gasteiger charge is 2.17. The minimum Gasteiger partial charge on any atom is -0.508 e. The van der Waals surface area contributed by atoms with Crippen LogP contribution in [-0.2, 0) is 0 Å². The van der Waals surface area contributed by atoms with Crippen LogP contribution in [0.5, 0.6) is 5.75 Å². The fourth-order valence-corrected chi connectivity index (χ4v) is 1.81. The van der Waals surface area contributed by atoms with E-state index in [-0.39, 0.29) is 11.3 Å². The third kappa shape index (κ3) is 2.85. The number of hydrogen-bond donors (Lipinski definition) is 1. The van der Waals surface area contributed by atoms with Crippen molar-refractivity contribution in [2.24, 2.45) is 0 Å². The van der Waals surface area contributed by atoms with Crippen molar-refractivity contribution < 1.29 is 14.3 Å². The molecule has 2 aromatic rings. The maximum Gasteiger partial charge on any atom is 0.261 e. The van der Waals surface area contributed by atoms with Crippen molar-refractivity contribution in [1.29, 1.82) is 0 Å². The van der Waals surface area contributed by atoms with E-state index in [0.717, 1.165) is 6.07 Å². The normalized spacial score (nSPS) is 10.3. The smallest absolute Gasteiger partial charge is 0.261 e. The maximum absolute atomic E-state index is 13.6. The Labute approximate surface area is 114 Å². The second-order valence-corrected chi connectivity index (χ2v) is 4.44. The zero-order chi connectivity index (χ0) is 14.0. The van der Waals surface area contributed by atoms with Crippen molar-refractivity contribution >= 4 is 23.2 Å². The molecule has 0 unspecified atom stereocenters. The summed E-state index contributed by atoms with van der Waals surface area (Å²) in [7, 11) is 1.52. The predicted octanol–water partition coefficient (Wildman–Crippen LogP) is 3.46. The molecule has 1 N–H and O–H groups in total. The monoisotopic (exact) mass is 279 g/mol. The van der Waals surface area contributed by atoms with E-state index in [1.807, 2.05) is 0 Å². The number of nitrogens with zero attached hydrogens (tertiary/aromatic N) is 1. The first-order chi connectivity index (χ1) is 8.99. The summed E-state index contributed by atoms with van der Waals surface area (Å²) in [6.45, 7) is 0. The molecule has 0 saturated carbocycles. The average Bonchev–Trinajstić information content (AvgIpc) is 2.41. The lowest BCUT2D eigenvalue weighted by Gasteiger charge is -2.17. The second-order valence-electron chi connectivity index (χ2n) is 4.00. The summed E-state index contributed by atoms with van der Waals surface area (Å²) in [5.74, 6) is -1.04. The number of halogens is 2. The fourth-order valence-electron chi connectivity index (χ4n) is 1.64. The highest BCUT2D eigenvalue weighted by molar-refractivity contribution is 6.31. The van der Waals surface area contributed by atoms with Crippen molar-refractivity contribution in [2.45, 2.75) is 0 Å². The molecule has 2 rings (SSSR count). The molecule has 98 valence electrons. The lowest BCUT2D eigenvalue weighted by atomic mass is 10.1. The summed E-state index contributed by atoms with van der Waals surface area (Å²) in [6.07, 6.45) is 0. The number of amides is 1. The number of phenols is 1. The average molecular weight is 280 g/mol. The standard InChI is InChI=1S/C14H11ClFNO2/c1-17(10-3-5-11(18)6-4-10)14(19)12-8-9(15)2-7-13(12)16/h2-8,18H,1H3. The summed E-state index contributed by atoms with van der Waals surface area (Å²) in [6, 6.07) is 9.86. The Balaban J connectivity index is 2.33. The van der Waals surface area contributed by atoms with Crippen molar-refractivity contribution in [3.8, 4) is 5.75 Å². The number of rotatable bonds is 2. The van der Waals surface area contributed by atoms with Gasteiger partial charge in [-0.2, -0.15) is 0 Å². The number of carbonyl (C=O) groups is 1. The van der Waals surface area contributed by atoms with Crippen LogP contribution < -0.4 is 4.90 Å². The molecule has 5 heteroatoms. The lowest BCUT2D eigenvalue weighted by molar-refractivity contribution is 0.0989.